The number of hydrogen-bond acceptors (Lipinski definition) is 8. The molecule has 8 rings (SSSR count). The molecule has 5 atom stereocenters. The summed E-state index contributed by atoms with van der Waals surface area (Å²) in [4.78, 5) is 20.3. The van der Waals surface area contributed by atoms with Gasteiger partial charge in [-0.3, -0.25) is 4.98 Å². The first-order valence-electron chi connectivity index (χ1n) is 20.7. The molecule has 3 aromatic rings. The van der Waals surface area contributed by atoms with Gasteiger partial charge in [0.05, 0.1) is 26.4 Å². The van der Waals surface area contributed by atoms with Gasteiger partial charge in [-0.2, -0.15) is 0 Å². The minimum absolute atomic E-state index is 0.182. The number of methoxy groups -OCH3 is 1. The Balaban J connectivity index is 1.02. The molecule has 2 aromatic carbocycles. The number of hydrogen-bond donors (Lipinski definition) is 2. The molecule has 10 heteroatoms. The van der Waals surface area contributed by atoms with Gasteiger partial charge >= 0.3 is 5.97 Å². The molecule has 55 heavy (non-hydrogen) atoms. The zero-order chi connectivity index (χ0) is 38.2. The van der Waals surface area contributed by atoms with E-state index in [-0.39, 0.29) is 11.3 Å². The van der Waals surface area contributed by atoms with Crippen LogP contribution in [-0.4, -0.2) is 79.7 Å². The molecule has 1 spiro atoms. The highest BCUT2D eigenvalue weighted by atomic mass is 35.5. The van der Waals surface area contributed by atoms with E-state index in [9.17, 15) is 9.90 Å². The van der Waals surface area contributed by atoms with E-state index in [4.69, 9.17) is 30.5 Å². The number of likely N-dealkylation sites (tertiary alicyclic amines) is 1. The number of pyridine rings is 1. The Hall–Kier alpha value is -3.53. The first-order chi connectivity index (χ1) is 26.6. The van der Waals surface area contributed by atoms with Crippen molar-refractivity contribution in [2.24, 2.45) is 23.7 Å². The largest absolute Gasteiger partial charge is 0.493 e. The average molecular weight is 772 g/mol. The van der Waals surface area contributed by atoms with E-state index in [1.165, 1.54) is 41.6 Å². The second-order valence-corrected chi connectivity index (χ2v) is 17.9. The van der Waals surface area contributed by atoms with Gasteiger partial charge in [-0.1, -0.05) is 31.5 Å². The summed E-state index contributed by atoms with van der Waals surface area (Å²) in [6.45, 7) is 10.4. The van der Waals surface area contributed by atoms with Crippen LogP contribution in [0, 0.1) is 23.7 Å². The summed E-state index contributed by atoms with van der Waals surface area (Å²) < 4.78 is 25.2. The molecule has 2 N–H and O–H groups in total. The number of anilines is 1. The van der Waals surface area contributed by atoms with E-state index in [0.717, 1.165) is 81.3 Å². The van der Waals surface area contributed by atoms with Crippen LogP contribution >= 0.6 is 11.6 Å². The number of carbonyl (C=O) groups is 1. The van der Waals surface area contributed by atoms with E-state index >= 15 is 0 Å². The molecule has 9 nitrogen and oxygen atoms in total. The Morgan fingerprint density at radius 3 is 2.65 bits per heavy atom. The molecule has 0 radical (unpaired) electrons. The van der Waals surface area contributed by atoms with E-state index in [1.807, 2.05) is 36.5 Å². The van der Waals surface area contributed by atoms with E-state index in [0.29, 0.717) is 61.4 Å². The predicted octanol–water partition coefficient (Wildman–Crippen LogP) is 8.56. The Kier molecular flexibility index (Phi) is 11.3. The van der Waals surface area contributed by atoms with Gasteiger partial charge in [0.25, 0.3) is 0 Å². The van der Waals surface area contributed by atoms with Gasteiger partial charge in [0, 0.05) is 54.3 Å². The number of carboxylic acids is 1. The fraction of sp³-hybridized carbons (Fsp3) is 0.600. The van der Waals surface area contributed by atoms with E-state index in [2.05, 4.69) is 41.2 Å². The van der Waals surface area contributed by atoms with Crippen LogP contribution in [-0.2, 0) is 27.8 Å². The van der Waals surface area contributed by atoms with Crippen LogP contribution < -0.4 is 19.5 Å². The first kappa shape index (κ1) is 38.3. The van der Waals surface area contributed by atoms with Crippen molar-refractivity contribution < 1.29 is 28.8 Å². The second kappa shape index (κ2) is 16.1. The average Bonchev–Trinajstić information content (AvgIpc) is 3.66. The Morgan fingerprint density at radius 2 is 1.89 bits per heavy atom. The van der Waals surface area contributed by atoms with Crippen LogP contribution in [0.1, 0.15) is 93.5 Å². The summed E-state index contributed by atoms with van der Waals surface area (Å²) in [5.41, 5.74) is 4.57. The van der Waals surface area contributed by atoms with Gasteiger partial charge in [-0.15, -0.1) is 0 Å². The molecule has 2 unspecified atom stereocenters. The Morgan fingerprint density at radius 1 is 1.09 bits per heavy atom. The normalized spacial score (nSPS) is 29.3. The lowest BCUT2D eigenvalue weighted by Gasteiger charge is -2.47. The lowest BCUT2D eigenvalue weighted by atomic mass is 9.59. The quantitative estimate of drug-likeness (QED) is 0.188. The van der Waals surface area contributed by atoms with Crippen molar-refractivity contribution in [3.05, 3.63) is 76.1 Å². The van der Waals surface area contributed by atoms with Gasteiger partial charge in [-0.25, -0.2) is 4.79 Å². The van der Waals surface area contributed by atoms with Crippen molar-refractivity contribution in [2.45, 2.75) is 94.9 Å². The predicted molar refractivity (Wildman–Crippen MR) is 215 cm³/mol. The number of ether oxygens (including phenoxy) is 4. The molecule has 296 valence electrons. The molecule has 2 aliphatic heterocycles. The molecule has 5 aliphatic rings. The van der Waals surface area contributed by atoms with Crippen LogP contribution in [0.15, 0.2) is 48.7 Å². The molecule has 1 saturated heterocycles. The maximum atomic E-state index is 13.1. The van der Waals surface area contributed by atoms with Gasteiger partial charge in [0.1, 0.15) is 11.3 Å². The van der Waals surface area contributed by atoms with Crippen molar-refractivity contribution in [3.63, 3.8) is 0 Å². The highest BCUT2D eigenvalue weighted by Crippen LogP contribution is 2.58. The lowest BCUT2D eigenvalue weighted by Crippen LogP contribution is -2.53. The Labute approximate surface area is 331 Å². The van der Waals surface area contributed by atoms with Gasteiger partial charge in [0.15, 0.2) is 11.5 Å². The number of rotatable bonds is 12. The summed E-state index contributed by atoms with van der Waals surface area (Å²) in [7, 11) is 1.79. The van der Waals surface area contributed by atoms with Crippen molar-refractivity contribution in [2.75, 3.05) is 58.5 Å². The number of nitrogens with one attached hydrogen (secondary N) is 1. The molecule has 0 bridgehead atoms. The maximum Gasteiger partial charge on any atom is 0.329 e. The summed E-state index contributed by atoms with van der Waals surface area (Å²) in [5.74, 6) is 3.79. The smallest absolute Gasteiger partial charge is 0.329 e. The molecule has 3 aliphatic carbocycles. The number of aryl methyl sites for hydroxylation is 1. The highest BCUT2D eigenvalue weighted by molar-refractivity contribution is 6.30. The Bertz CT molecular complexity index is 1840. The molecule has 1 aromatic heterocycles. The lowest BCUT2D eigenvalue weighted by molar-refractivity contribution is -0.144. The maximum absolute atomic E-state index is 13.1. The molecular weight excluding hydrogens is 714 g/mol. The number of fused-ring (bicyclic) bond motifs is 4. The third-order valence-corrected chi connectivity index (χ3v) is 13.8. The topological polar surface area (TPSA) is 102 Å². The van der Waals surface area contributed by atoms with Crippen LogP contribution in [0.2, 0.25) is 5.02 Å². The summed E-state index contributed by atoms with van der Waals surface area (Å²) in [5, 5.41) is 14.7. The van der Waals surface area contributed by atoms with Crippen LogP contribution in [0.4, 0.5) is 5.69 Å². The van der Waals surface area contributed by atoms with Crippen molar-refractivity contribution >= 4 is 23.3 Å². The van der Waals surface area contributed by atoms with Crippen LogP contribution in [0.5, 0.6) is 17.2 Å². The third kappa shape index (κ3) is 7.91. The zero-order valence-electron chi connectivity index (χ0n) is 32.8. The van der Waals surface area contributed by atoms with Gasteiger partial charge < -0.3 is 34.3 Å². The number of halogens is 1. The zero-order valence-corrected chi connectivity index (χ0v) is 33.5. The number of benzene rings is 2. The van der Waals surface area contributed by atoms with E-state index < -0.39 is 11.5 Å². The van der Waals surface area contributed by atoms with Crippen molar-refractivity contribution in [3.8, 4) is 17.2 Å². The summed E-state index contributed by atoms with van der Waals surface area (Å²) in [6, 6.07) is 13.9. The standard InChI is InChI=1S/C45H58ClN3O6/c1-29(25-53-39-10-16-47-38-9-4-6-30(2)42(38)39)18-34-19-33-20-40-41(55-28-32(27-54-40)24-49-17-11-31(23-49)26-52-3)22-37(33)44(34)12-14-45(15-13-44,43(50)51)48-36-8-5-7-35(46)21-36/h5,7-8,10,16,20-22,29-32,34,48H,4,6,9,11-15,17-19,23-28H2,1-3H3,(H,50,51)/t29-,30-,31-,32?,34?,44?,45?/m1/s1. The SMILES string of the molecule is COC[C@@H]1CCN(CC2COc3cc4c(cc3OC2)C2(CCC(Nc3cccc(Cl)c3)(C(=O)O)CC2)C(C[C@@H](C)COc2ccnc3c2[C@H](C)CCC3)C4)C1. The minimum Gasteiger partial charge on any atom is -0.493 e. The molecule has 2 fully saturated rings. The van der Waals surface area contributed by atoms with Crippen molar-refractivity contribution in [1.29, 1.82) is 0 Å². The van der Waals surface area contributed by atoms with Gasteiger partial charge in [0.2, 0.25) is 0 Å². The number of carboxylic acid groups (broad SMARTS) is 1. The molecule has 1 saturated carbocycles. The molecule has 0 amide bonds. The summed E-state index contributed by atoms with van der Waals surface area (Å²) >= 11 is 6.32. The minimum atomic E-state index is -1.08. The molecule has 3 heterocycles. The fourth-order valence-corrected chi connectivity index (χ4v) is 10.9. The number of nitrogens with zero attached hydrogens (tertiary/aromatic N) is 2. The number of aliphatic carboxylic acids is 1. The van der Waals surface area contributed by atoms with E-state index in [1.54, 1.807) is 7.11 Å². The highest BCUT2D eigenvalue weighted by Gasteiger charge is 2.54. The monoisotopic (exact) mass is 771 g/mol. The first-order valence-corrected chi connectivity index (χ1v) is 21.0. The van der Waals surface area contributed by atoms with Crippen molar-refractivity contribution in [1.82, 2.24) is 9.88 Å². The van der Waals surface area contributed by atoms with Crippen LogP contribution in [0.3, 0.4) is 0 Å². The van der Waals surface area contributed by atoms with Crippen LogP contribution in [0.25, 0.3) is 0 Å². The fourth-order valence-electron chi connectivity index (χ4n) is 10.7. The van der Waals surface area contributed by atoms with Gasteiger partial charge in [-0.05, 0) is 147 Å². The molecular formula is C45H58ClN3O6. The summed E-state index contributed by atoms with van der Waals surface area (Å²) in [6.07, 6.45) is 10.9. The second-order valence-electron chi connectivity index (χ2n) is 17.5. The third-order valence-electron chi connectivity index (χ3n) is 13.6. The number of aromatic nitrogens is 1.